The fourth-order valence-electron chi connectivity index (χ4n) is 5.68. The van der Waals surface area contributed by atoms with Crippen molar-refractivity contribution in [2.45, 2.75) is 32.2 Å². The summed E-state index contributed by atoms with van der Waals surface area (Å²) in [6.45, 7) is 4.85. The van der Waals surface area contributed by atoms with Gasteiger partial charge in [0, 0.05) is 55.7 Å². The number of nitrogens with one attached hydrogen (secondary N) is 2. The highest BCUT2D eigenvalue weighted by Crippen LogP contribution is 2.33. The number of hydrogen-bond donors (Lipinski definition) is 3. The molecule has 218 valence electrons. The number of pyridine rings is 2. The summed E-state index contributed by atoms with van der Waals surface area (Å²) in [5.74, 6) is 0.540. The van der Waals surface area contributed by atoms with E-state index in [2.05, 4.69) is 20.6 Å². The Morgan fingerprint density at radius 2 is 1.93 bits per heavy atom. The van der Waals surface area contributed by atoms with Gasteiger partial charge in [-0.05, 0) is 61.6 Å². The van der Waals surface area contributed by atoms with Gasteiger partial charge in [-0.25, -0.2) is 14.8 Å². The van der Waals surface area contributed by atoms with E-state index >= 15 is 0 Å². The van der Waals surface area contributed by atoms with Crippen molar-refractivity contribution in [2.75, 3.05) is 50.1 Å². The number of anilines is 3. The van der Waals surface area contributed by atoms with E-state index in [1.807, 2.05) is 48.0 Å². The third kappa shape index (κ3) is 5.65. The Labute approximate surface area is 244 Å². The Hall–Kier alpha value is -4.48. The lowest BCUT2D eigenvalue weighted by atomic mass is 10.00. The largest absolute Gasteiger partial charge is 0.394 e. The Balaban J connectivity index is 1.24. The number of benzene rings is 1. The SMILES string of the molecule is Cc1c(NC(=O)N2CCCCC2CO)cccc1-c1cc(Nc2ccc(C(=O)N3CCOCC3)cn2)c2nccn2c1. The van der Waals surface area contributed by atoms with Gasteiger partial charge in [-0.2, -0.15) is 0 Å². The van der Waals surface area contributed by atoms with E-state index in [0.29, 0.717) is 44.2 Å². The molecule has 1 aromatic carbocycles. The van der Waals surface area contributed by atoms with Gasteiger partial charge in [-0.15, -0.1) is 0 Å². The molecule has 0 saturated carbocycles. The van der Waals surface area contributed by atoms with Crippen LogP contribution in [0.3, 0.4) is 0 Å². The lowest BCUT2D eigenvalue weighted by Crippen LogP contribution is -2.47. The molecule has 1 unspecified atom stereocenters. The number of likely N-dealkylation sites (tertiary alicyclic amines) is 1. The molecule has 2 aliphatic heterocycles. The molecule has 2 saturated heterocycles. The lowest BCUT2D eigenvalue weighted by Gasteiger charge is -2.34. The number of ether oxygens (including phenoxy) is 1. The van der Waals surface area contributed by atoms with Gasteiger partial charge in [0.25, 0.3) is 5.91 Å². The minimum Gasteiger partial charge on any atom is -0.394 e. The number of aromatic nitrogens is 3. The van der Waals surface area contributed by atoms with E-state index in [-0.39, 0.29) is 24.6 Å². The molecule has 0 spiro atoms. The summed E-state index contributed by atoms with van der Waals surface area (Å²) in [5.41, 5.74) is 5.57. The van der Waals surface area contributed by atoms with Gasteiger partial charge in [0.1, 0.15) is 5.82 Å². The molecule has 5 heterocycles. The van der Waals surface area contributed by atoms with Gasteiger partial charge >= 0.3 is 6.03 Å². The maximum Gasteiger partial charge on any atom is 0.322 e. The van der Waals surface area contributed by atoms with Crippen molar-refractivity contribution in [3.63, 3.8) is 0 Å². The number of fused-ring (bicyclic) bond motifs is 1. The number of imidazole rings is 1. The number of piperidine rings is 1. The number of amides is 3. The fraction of sp³-hybridized carbons (Fsp3) is 0.355. The van der Waals surface area contributed by atoms with Crippen LogP contribution in [-0.4, -0.2) is 86.7 Å². The van der Waals surface area contributed by atoms with E-state index < -0.39 is 0 Å². The van der Waals surface area contributed by atoms with Crippen LogP contribution in [0.15, 0.2) is 61.2 Å². The maximum absolute atomic E-state index is 13.1. The first-order chi connectivity index (χ1) is 20.5. The van der Waals surface area contributed by atoms with Gasteiger partial charge < -0.3 is 34.7 Å². The van der Waals surface area contributed by atoms with Crippen LogP contribution in [0.25, 0.3) is 16.8 Å². The zero-order valence-electron chi connectivity index (χ0n) is 23.6. The smallest absolute Gasteiger partial charge is 0.322 e. The molecular formula is C31H35N7O4. The Morgan fingerprint density at radius 3 is 2.71 bits per heavy atom. The Bertz CT molecular complexity index is 1580. The first-order valence-corrected chi connectivity index (χ1v) is 14.4. The molecule has 3 amide bonds. The monoisotopic (exact) mass is 569 g/mol. The molecule has 0 bridgehead atoms. The van der Waals surface area contributed by atoms with Crippen molar-refractivity contribution in [2.24, 2.45) is 0 Å². The number of aliphatic hydroxyl groups excluding tert-OH is 1. The molecule has 3 aromatic heterocycles. The number of nitrogens with zero attached hydrogens (tertiary/aromatic N) is 5. The third-order valence-corrected chi connectivity index (χ3v) is 8.04. The van der Waals surface area contributed by atoms with Crippen molar-refractivity contribution in [3.8, 4) is 11.1 Å². The van der Waals surface area contributed by atoms with Crippen LogP contribution in [0, 0.1) is 6.92 Å². The van der Waals surface area contributed by atoms with Crippen LogP contribution in [0.4, 0.5) is 22.0 Å². The maximum atomic E-state index is 13.1. The summed E-state index contributed by atoms with van der Waals surface area (Å²) in [5, 5.41) is 16.2. The summed E-state index contributed by atoms with van der Waals surface area (Å²) >= 11 is 0. The number of aliphatic hydroxyl groups is 1. The molecule has 6 rings (SSSR count). The molecule has 11 heteroatoms. The van der Waals surface area contributed by atoms with Crippen molar-refractivity contribution < 1.29 is 19.4 Å². The number of carbonyl (C=O) groups is 2. The summed E-state index contributed by atoms with van der Waals surface area (Å²) in [7, 11) is 0. The van der Waals surface area contributed by atoms with Crippen LogP contribution >= 0.6 is 0 Å². The van der Waals surface area contributed by atoms with Crippen molar-refractivity contribution in [1.29, 1.82) is 0 Å². The zero-order valence-corrected chi connectivity index (χ0v) is 23.6. The Morgan fingerprint density at radius 1 is 1.07 bits per heavy atom. The highest BCUT2D eigenvalue weighted by molar-refractivity contribution is 5.94. The summed E-state index contributed by atoms with van der Waals surface area (Å²) in [4.78, 5) is 38.5. The van der Waals surface area contributed by atoms with Crippen LogP contribution in [-0.2, 0) is 4.74 Å². The molecule has 2 fully saturated rings. The minimum atomic E-state index is -0.192. The molecule has 42 heavy (non-hydrogen) atoms. The quantitative estimate of drug-likeness (QED) is 0.316. The van der Waals surface area contributed by atoms with E-state index in [9.17, 15) is 14.7 Å². The van der Waals surface area contributed by atoms with Gasteiger partial charge in [0.2, 0.25) is 0 Å². The summed E-state index contributed by atoms with van der Waals surface area (Å²) in [6, 6.07) is 11.1. The standard InChI is InChI=1S/C31H35N7O4/c1-21-25(6-4-7-26(21)35-31(41)38-11-3-2-5-24(38)20-39)23-17-27(29-32-10-12-37(29)19-23)34-28-9-8-22(18-33-28)30(40)36-13-15-42-16-14-36/h4,6-10,12,17-19,24,39H,2-3,5,11,13-16,20H2,1H3,(H,33,34)(H,35,41). The predicted molar refractivity (Wildman–Crippen MR) is 160 cm³/mol. The molecule has 3 N–H and O–H groups in total. The van der Waals surface area contributed by atoms with Crippen LogP contribution in [0.2, 0.25) is 0 Å². The lowest BCUT2D eigenvalue weighted by molar-refractivity contribution is 0.0302. The van der Waals surface area contributed by atoms with E-state index in [4.69, 9.17) is 4.74 Å². The zero-order chi connectivity index (χ0) is 29.1. The Kier molecular flexibility index (Phi) is 8.02. The minimum absolute atomic E-state index is 0.0328. The highest BCUT2D eigenvalue weighted by atomic mass is 16.5. The van der Waals surface area contributed by atoms with Crippen molar-refractivity contribution in [1.82, 2.24) is 24.2 Å². The van der Waals surface area contributed by atoms with E-state index in [1.165, 1.54) is 0 Å². The van der Waals surface area contributed by atoms with Gasteiger partial charge in [-0.3, -0.25) is 4.79 Å². The van der Waals surface area contributed by atoms with E-state index in [1.54, 1.807) is 34.3 Å². The molecular weight excluding hydrogens is 534 g/mol. The van der Waals surface area contributed by atoms with Gasteiger partial charge in [0.05, 0.1) is 37.1 Å². The first-order valence-electron chi connectivity index (χ1n) is 14.4. The molecule has 0 radical (unpaired) electrons. The highest BCUT2D eigenvalue weighted by Gasteiger charge is 2.26. The summed E-state index contributed by atoms with van der Waals surface area (Å²) < 4.78 is 7.29. The number of urea groups is 1. The van der Waals surface area contributed by atoms with Crippen LogP contribution < -0.4 is 10.6 Å². The van der Waals surface area contributed by atoms with Crippen molar-refractivity contribution >= 4 is 34.8 Å². The molecule has 11 nitrogen and oxygen atoms in total. The average molecular weight is 570 g/mol. The van der Waals surface area contributed by atoms with Crippen LogP contribution in [0.5, 0.6) is 0 Å². The normalized spacial score (nSPS) is 17.3. The summed E-state index contributed by atoms with van der Waals surface area (Å²) in [6.07, 6.45) is 9.98. The first kappa shape index (κ1) is 27.7. The number of morpholine rings is 1. The fourth-order valence-corrected chi connectivity index (χ4v) is 5.68. The second kappa shape index (κ2) is 12.2. The molecule has 0 aliphatic carbocycles. The average Bonchev–Trinajstić information content (AvgIpc) is 3.52. The van der Waals surface area contributed by atoms with Crippen LogP contribution in [0.1, 0.15) is 35.2 Å². The second-order valence-corrected chi connectivity index (χ2v) is 10.7. The molecule has 2 aliphatic rings. The van der Waals surface area contributed by atoms with Crippen molar-refractivity contribution in [3.05, 3.63) is 72.3 Å². The molecule has 1 atom stereocenters. The third-order valence-electron chi connectivity index (χ3n) is 8.04. The number of hydrogen-bond acceptors (Lipinski definition) is 7. The van der Waals surface area contributed by atoms with Gasteiger partial charge in [0.15, 0.2) is 5.65 Å². The number of carbonyl (C=O) groups excluding carboxylic acids is 2. The molecule has 4 aromatic rings. The van der Waals surface area contributed by atoms with E-state index in [0.717, 1.165) is 53.0 Å². The van der Waals surface area contributed by atoms with Gasteiger partial charge in [-0.1, -0.05) is 12.1 Å². The predicted octanol–water partition coefficient (Wildman–Crippen LogP) is 4.30. The topological polar surface area (TPSA) is 124 Å². The number of rotatable bonds is 6. The second-order valence-electron chi connectivity index (χ2n) is 10.7.